The molecule has 3 saturated heterocycles. The zero-order chi connectivity index (χ0) is 19.3. The maximum atomic E-state index is 13.1. The highest BCUT2D eigenvalue weighted by atomic mass is 16.5. The molecular formula is C20H29N5O3. The number of carbonyl (C=O) groups excluding carboxylic acids is 2. The van der Waals surface area contributed by atoms with E-state index in [4.69, 9.17) is 4.74 Å². The maximum Gasteiger partial charge on any atom is 0.227 e. The lowest BCUT2D eigenvalue weighted by atomic mass is 9.87. The van der Waals surface area contributed by atoms with Crippen molar-refractivity contribution in [1.82, 2.24) is 25.1 Å². The van der Waals surface area contributed by atoms with Crippen molar-refractivity contribution in [2.75, 3.05) is 52.5 Å². The molecule has 2 atom stereocenters. The number of hydrogen-bond acceptors (Lipinski definition) is 6. The van der Waals surface area contributed by atoms with Crippen LogP contribution in [0.2, 0.25) is 0 Å². The van der Waals surface area contributed by atoms with Gasteiger partial charge in [-0.3, -0.25) is 9.59 Å². The number of morpholine rings is 1. The van der Waals surface area contributed by atoms with E-state index >= 15 is 0 Å². The second kappa shape index (κ2) is 8.96. The lowest BCUT2D eigenvalue weighted by Gasteiger charge is -2.38. The predicted molar refractivity (Wildman–Crippen MR) is 102 cm³/mol. The Labute approximate surface area is 165 Å². The molecule has 1 N–H and O–H groups in total. The van der Waals surface area contributed by atoms with Crippen LogP contribution in [0.5, 0.6) is 0 Å². The summed E-state index contributed by atoms with van der Waals surface area (Å²) in [6.45, 7) is 5.37. The Morgan fingerprint density at radius 2 is 1.64 bits per heavy atom. The van der Waals surface area contributed by atoms with E-state index in [-0.39, 0.29) is 23.7 Å². The third kappa shape index (κ3) is 4.33. The SMILES string of the molecule is O=C([C@@H]1CNC[C@H](C(=O)N2CCC(c3ccncn3)CC2)C1)N1CCOCC1. The zero-order valence-electron chi connectivity index (χ0n) is 16.3. The highest BCUT2D eigenvalue weighted by Crippen LogP contribution is 2.28. The molecule has 8 heteroatoms. The Balaban J connectivity index is 1.30. The molecule has 152 valence electrons. The number of carbonyl (C=O) groups is 2. The molecule has 0 saturated carbocycles. The maximum absolute atomic E-state index is 13.1. The van der Waals surface area contributed by atoms with E-state index in [1.807, 2.05) is 15.9 Å². The van der Waals surface area contributed by atoms with Gasteiger partial charge in [-0.05, 0) is 25.3 Å². The second-order valence-corrected chi connectivity index (χ2v) is 7.96. The van der Waals surface area contributed by atoms with Crippen LogP contribution in [-0.2, 0) is 14.3 Å². The molecule has 0 spiro atoms. The molecule has 4 rings (SSSR count). The number of nitrogens with one attached hydrogen (secondary N) is 1. The Hall–Kier alpha value is -2.06. The van der Waals surface area contributed by atoms with Crippen LogP contribution in [0.15, 0.2) is 18.6 Å². The van der Waals surface area contributed by atoms with Gasteiger partial charge < -0.3 is 19.9 Å². The van der Waals surface area contributed by atoms with E-state index in [1.165, 1.54) is 0 Å². The summed E-state index contributed by atoms with van der Waals surface area (Å²) in [7, 11) is 0. The Kier molecular flexibility index (Phi) is 6.17. The summed E-state index contributed by atoms with van der Waals surface area (Å²) in [5, 5.41) is 3.32. The number of amides is 2. The van der Waals surface area contributed by atoms with Gasteiger partial charge in [0.05, 0.1) is 25.0 Å². The van der Waals surface area contributed by atoms with Crippen LogP contribution in [-0.4, -0.2) is 84.1 Å². The van der Waals surface area contributed by atoms with Crippen molar-refractivity contribution >= 4 is 11.8 Å². The van der Waals surface area contributed by atoms with Crippen molar-refractivity contribution in [1.29, 1.82) is 0 Å². The molecule has 28 heavy (non-hydrogen) atoms. The number of likely N-dealkylation sites (tertiary alicyclic amines) is 1. The van der Waals surface area contributed by atoms with Crippen LogP contribution in [0.1, 0.15) is 30.9 Å². The first-order valence-electron chi connectivity index (χ1n) is 10.3. The van der Waals surface area contributed by atoms with Gasteiger partial charge in [-0.1, -0.05) is 0 Å². The van der Waals surface area contributed by atoms with Crippen molar-refractivity contribution < 1.29 is 14.3 Å². The summed E-state index contributed by atoms with van der Waals surface area (Å²) in [5.41, 5.74) is 1.07. The number of rotatable bonds is 3. The van der Waals surface area contributed by atoms with Crippen molar-refractivity contribution in [2.24, 2.45) is 11.8 Å². The summed E-state index contributed by atoms with van der Waals surface area (Å²) in [4.78, 5) is 38.0. The fraction of sp³-hybridized carbons (Fsp3) is 0.700. The zero-order valence-corrected chi connectivity index (χ0v) is 16.3. The first-order chi connectivity index (χ1) is 13.7. The highest BCUT2D eigenvalue weighted by Gasteiger charge is 2.36. The van der Waals surface area contributed by atoms with Gasteiger partial charge in [0.15, 0.2) is 0 Å². The van der Waals surface area contributed by atoms with Crippen LogP contribution in [0.4, 0.5) is 0 Å². The molecule has 0 bridgehead atoms. The first-order valence-corrected chi connectivity index (χ1v) is 10.3. The molecule has 3 aliphatic heterocycles. The van der Waals surface area contributed by atoms with Gasteiger partial charge in [0, 0.05) is 57.1 Å². The number of aromatic nitrogens is 2. The van der Waals surface area contributed by atoms with Crippen molar-refractivity contribution in [3.8, 4) is 0 Å². The van der Waals surface area contributed by atoms with E-state index in [1.54, 1.807) is 12.5 Å². The number of ether oxygens (including phenoxy) is 1. The summed E-state index contributed by atoms with van der Waals surface area (Å²) in [5.74, 6) is 0.523. The minimum Gasteiger partial charge on any atom is -0.378 e. The van der Waals surface area contributed by atoms with Gasteiger partial charge in [-0.25, -0.2) is 9.97 Å². The normalized spacial score (nSPS) is 26.9. The Bertz CT molecular complexity index is 672. The van der Waals surface area contributed by atoms with Gasteiger partial charge in [-0.2, -0.15) is 0 Å². The third-order valence-electron chi connectivity index (χ3n) is 6.20. The second-order valence-electron chi connectivity index (χ2n) is 7.96. The molecule has 0 unspecified atom stereocenters. The summed E-state index contributed by atoms with van der Waals surface area (Å²) >= 11 is 0. The van der Waals surface area contributed by atoms with Crippen LogP contribution < -0.4 is 5.32 Å². The summed E-state index contributed by atoms with van der Waals surface area (Å²) in [6, 6.07) is 1.97. The average molecular weight is 387 g/mol. The Morgan fingerprint density at radius 1 is 1.00 bits per heavy atom. The van der Waals surface area contributed by atoms with E-state index < -0.39 is 0 Å². The molecule has 1 aromatic heterocycles. The Morgan fingerprint density at radius 3 is 2.25 bits per heavy atom. The minimum absolute atomic E-state index is 0.112. The standard InChI is InChI=1S/C20H29N5O3/c26-19(24-5-2-15(3-6-24)18-1-4-21-14-23-18)16-11-17(13-22-12-16)20(27)25-7-9-28-10-8-25/h1,4,14-17,22H,2-3,5-13H2/t16-,17+/m1/s1. The number of nitrogens with zero attached hydrogens (tertiary/aromatic N) is 4. The van der Waals surface area contributed by atoms with Gasteiger partial charge in [0.1, 0.15) is 6.33 Å². The van der Waals surface area contributed by atoms with Crippen molar-refractivity contribution in [2.45, 2.75) is 25.2 Å². The molecule has 1 aromatic rings. The molecule has 4 heterocycles. The topological polar surface area (TPSA) is 87.7 Å². The van der Waals surface area contributed by atoms with Gasteiger partial charge >= 0.3 is 0 Å². The molecule has 8 nitrogen and oxygen atoms in total. The average Bonchev–Trinajstić information content (AvgIpc) is 2.79. The first kappa shape index (κ1) is 19.3. The van der Waals surface area contributed by atoms with Crippen LogP contribution in [0.3, 0.4) is 0 Å². The monoisotopic (exact) mass is 387 g/mol. The van der Waals surface area contributed by atoms with Gasteiger partial charge in [0.2, 0.25) is 11.8 Å². The van der Waals surface area contributed by atoms with Crippen molar-refractivity contribution in [3.05, 3.63) is 24.3 Å². The van der Waals surface area contributed by atoms with Gasteiger partial charge in [-0.15, -0.1) is 0 Å². The molecule has 0 aliphatic carbocycles. The van der Waals surface area contributed by atoms with Crippen LogP contribution >= 0.6 is 0 Å². The molecule has 3 aliphatic rings. The molecule has 3 fully saturated rings. The number of hydrogen-bond donors (Lipinski definition) is 1. The molecule has 0 radical (unpaired) electrons. The van der Waals surface area contributed by atoms with E-state index in [0.29, 0.717) is 51.7 Å². The lowest BCUT2D eigenvalue weighted by Crippen LogP contribution is -2.52. The summed E-state index contributed by atoms with van der Waals surface area (Å²) < 4.78 is 5.34. The van der Waals surface area contributed by atoms with Crippen LogP contribution in [0, 0.1) is 11.8 Å². The fourth-order valence-corrected chi connectivity index (χ4v) is 4.56. The third-order valence-corrected chi connectivity index (χ3v) is 6.20. The quantitative estimate of drug-likeness (QED) is 0.801. The largest absolute Gasteiger partial charge is 0.378 e. The predicted octanol–water partition coefficient (Wildman–Crippen LogP) is 0.267. The smallest absolute Gasteiger partial charge is 0.227 e. The highest BCUT2D eigenvalue weighted by molar-refractivity contribution is 5.83. The van der Waals surface area contributed by atoms with Crippen molar-refractivity contribution in [3.63, 3.8) is 0 Å². The molecular weight excluding hydrogens is 358 g/mol. The van der Waals surface area contributed by atoms with E-state index in [9.17, 15) is 9.59 Å². The number of piperidine rings is 2. The minimum atomic E-state index is -0.112. The molecule has 2 amide bonds. The molecule has 0 aromatic carbocycles. The summed E-state index contributed by atoms with van der Waals surface area (Å²) in [6.07, 6.45) is 5.87. The fourth-order valence-electron chi connectivity index (χ4n) is 4.56. The van der Waals surface area contributed by atoms with Crippen LogP contribution in [0.25, 0.3) is 0 Å². The van der Waals surface area contributed by atoms with E-state index in [0.717, 1.165) is 31.6 Å². The van der Waals surface area contributed by atoms with E-state index in [2.05, 4.69) is 15.3 Å². The van der Waals surface area contributed by atoms with Gasteiger partial charge in [0.25, 0.3) is 0 Å². The lowest BCUT2D eigenvalue weighted by molar-refractivity contribution is -0.143.